The quantitative estimate of drug-likeness (QED) is 0.798. The number of aromatic hydroxyl groups is 1. The average molecular weight is 412 g/mol. The zero-order chi connectivity index (χ0) is 17.2. The van der Waals surface area contributed by atoms with Gasteiger partial charge < -0.3 is 10.0 Å². The Balaban J connectivity index is 0.00000169. The Morgan fingerprint density at radius 2 is 1.73 bits per heavy atom. The molecule has 9 heteroatoms. The van der Waals surface area contributed by atoms with E-state index in [2.05, 4.69) is 10.00 Å². The molecule has 2 heterocycles. The monoisotopic (exact) mass is 411 g/mol. The van der Waals surface area contributed by atoms with Crippen LogP contribution < -0.4 is 0 Å². The number of hydrogen-bond acceptors (Lipinski definition) is 3. The Morgan fingerprint density at radius 3 is 2.38 bits per heavy atom. The van der Waals surface area contributed by atoms with Gasteiger partial charge in [-0.3, -0.25) is 4.68 Å². The fraction of sp³-hybridized carbons (Fsp3) is 0.471. The van der Waals surface area contributed by atoms with Crippen LogP contribution in [-0.2, 0) is 12.7 Å². The molecular formula is C17H22Cl2F3N3O. The molecule has 0 amide bonds. The van der Waals surface area contributed by atoms with E-state index >= 15 is 0 Å². The molecule has 0 radical (unpaired) electrons. The minimum absolute atomic E-state index is 0. The maximum atomic E-state index is 12.8. The van der Waals surface area contributed by atoms with Crippen LogP contribution in [0.25, 0.3) is 11.1 Å². The van der Waals surface area contributed by atoms with Crippen LogP contribution in [0, 0.1) is 0 Å². The van der Waals surface area contributed by atoms with Crippen LogP contribution in [0.2, 0.25) is 0 Å². The van der Waals surface area contributed by atoms with Gasteiger partial charge >= 0.3 is 6.18 Å². The Bertz CT molecular complexity index is 701. The summed E-state index contributed by atoms with van der Waals surface area (Å²) >= 11 is 0. The topological polar surface area (TPSA) is 41.3 Å². The molecule has 0 saturated carbocycles. The lowest BCUT2D eigenvalue weighted by atomic mass is 10.1. The van der Waals surface area contributed by atoms with E-state index in [1.807, 2.05) is 0 Å². The molecule has 1 aromatic carbocycles. The summed E-state index contributed by atoms with van der Waals surface area (Å²) in [6.07, 6.45) is 0.850. The summed E-state index contributed by atoms with van der Waals surface area (Å²) in [4.78, 5) is 2.34. The van der Waals surface area contributed by atoms with Gasteiger partial charge in [0.1, 0.15) is 0 Å². The molecule has 1 aliphatic rings. The maximum Gasteiger partial charge on any atom is 0.416 e. The van der Waals surface area contributed by atoms with Crippen LogP contribution in [0.4, 0.5) is 13.2 Å². The summed E-state index contributed by atoms with van der Waals surface area (Å²) in [7, 11) is 0. The molecule has 4 nitrogen and oxygen atoms in total. The number of rotatable bonds is 4. The standard InChI is InChI=1S/C17H20F3N3O.2ClH/c18-17(19,20)14-6-4-5-13(11-14)15-12-23(21-16(15)24)10-9-22-7-2-1-3-8-22;;/h4-6,11-12H,1-3,7-10H2,(H,21,24);2*1H. The SMILES string of the molecule is Cl.Cl.Oc1nn(CCN2CCCCC2)cc1-c1cccc(C(F)(F)F)c1. The highest BCUT2D eigenvalue weighted by Gasteiger charge is 2.30. The molecule has 1 N–H and O–H groups in total. The van der Waals surface area contributed by atoms with Crippen molar-refractivity contribution in [3.8, 4) is 17.0 Å². The van der Waals surface area contributed by atoms with Crippen molar-refractivity contribution >= 4 is 24.8 Å². The first kappa shape index (κ1) is 22.6. The van der Waals surface area contributed by atoms with E-state index in [1.54, 1.807) is 16.9 Å². The van der Waals surface area contributed by atoms with Crippen molar-refractivity contribution in [2.75, 3.05) is 19.6 Å². The minimum atomic E-state index is -4.41. The highest BCUT2D eigenvalue weighted by Crippen LogP contribution is 2.34. The third-order valence-corrected chi connectivity index (χ3v) is 4.34. The van der Waals surface area contributed by atoms with Crippen molar-refractivity contribution in [1.82, 2.24) is 14.7 Å². The van der Waals surface area contributed by atoms with Gasteiger partial charge in [0.05, 0.1) is 17.7 Å². The summed E-state index contributed by atoms with van der Waals surface area (Å²) < 4.78 is 40.1. The molecule has 0 aliphatic carbocycles. The van der Waals surface area contributed by atoms with E-state index in [9.17, 15) is 18.3 Å². The molecule has 1 fully saturated rings. The maximum absolute atomic E-state index is 12.8. The average Bonchev–Trinajstić information content (AvgIpc) is 2.94. The molecule has 0 spiro atoms. The van der Waals surface area contributed by atoms with Gasteiger partial charge in [-0.05, 0) is 43.6 Å². The van der Waals surface area contributed by atoms with Crippen LogP contribution in [0.5, 0.6) is 5.88 Å². The fourth-order valence-electron chi connectivity index (χ4n) is 3.02. The molecule has 146 valence electrons. The Hall–Kier alpha value is -1.44. The van der Waals surface area contributed by atoms with Crippen LogP contribution >= 0.6 is 24.8 Å². The van der Waals surface area contributed by atoms with Gasteiger partial charge in [-0.1, -0.05) is 18.6 Å². The molecule has 26 heavy (non-hydrogen) atoms. The number of alkyl halides is 3. The number of hydrogen-bond donors (Lipinski definition) is 1. The first-order valence-electron chi connectivity index (χ1n) is 8.10. The number of benzene rings is 1. The van der Waals surface area contributed by atoms with Crippen molar-refractivity contribution in [3.63, 3.8) is 0 Å². The molecular weight excluding hydrogens is 390 g/mol. The normalized spacial score (nSPS) is 15.2. The van der Waals surface area contributed by atoms with E-state index in [1.165, 1.54) is 25.3 Å². The molecule has 2 aromatic rings. The third kappa shape index (κ3) is 5.53. The highest BCUT2D eigenvalue weighted by molar-refractivity contribution is 5.85. The highest BCUT2D eigenvalue weighted by atomic mass is 35.5. The van der Waals surface area contributed by atoms with Gasteiger partial charge in [-0.25, -0.2) is 0 Å². The molecule has 1 aliphatic heterocycles. The Labute approximate surface area is 162 Å². The van der Waals surface area contributed by atoms with E-state index in [0.29, 0.717) is 17.7 Å². The molecule has 1 saturated heterocycles. The number of likely N-dealkylation sites (tertiary alicyclic amines) is 1. The largest absolute Gasteiger partial charge is 0.492 e. The zero-order valence-electron chi connectivity index (χ0n) is 14.1. The first-order chi connectivity index (χ1) is 11.4. The molecule has 0 bridgehead atoms. The lowest BCUT2D eigenvalue weighted by Gasteiger charge is -2.26. The summed E-state index contributed by atoms with van der Waals surface area (Å²) in [5, 5.41) is 14.0. The fourth-order valence-corrected chi connectivity index (χ4v) is 3.02. The molecule has 0 unspecified atom stereocenters. The van der Waals surface area contributed by atoms with E-state index in [0.717, 1.165) is 31.8 Å². The number of aromatic nitrogens is 2. The number of nitrogens with zero attached hydrogens (tertiary/aromatic N) is 3. The van der Waals surface area contributed by atoms with E-state index in [-0.39, 0.29) is 30.7 Å². The minimum Gasteiger partial charge on any atom is -0.492 e. The molecule has 0 atom stereocenters. The lowest BCUT2D eigenvalue weighted by Crippen LogP contribution is -2.32. The van der Waals surface area contributed by atoms with Gasteiger partial charge in [-0.2, -0.15) is 13.2 Å². The summed E-state index contributed by atoms with van der Waals surface area (Å²) in [5.74, 6) is -0.243. The summed E-state index contributed by atoms with van der Waals surface area (Å²) in [6.45, 7) is 3.55. The Morgan fingerprint density at radius 1 is 1.04 bits per heavy atom. The van der Waals surface area contributed by atoms with E-state index < -0.39 is 11.7 Å². The Kier molecular flexibility index (Phi) is 8.24. The van der Waals surface area contributed by atoms with Gasteiger partial charge in [0.15, 0.2) is 0 Å². The van der Waals surface area contributed by atoms with Gasteiger partial charge in [-0.15, -0.1) is 29.9 Å². The predicted molar refractivity (Wildman–Crippen MR) is 99.1 cm³/mol. The lowest BCUT2D eigenvalue weighted by molar-refractivity contribution is -0.137. The molecule has 1 aromatic heterocycles. The van der Waals surface area contributed by atoms with Crippen LogP contribution in [0.15, 0.2) is 30.5 Å². The first-order valence-corrected chi connectivity index (χ1v) is 8.10. The van der Waals surface area contributed by atoms with Crippen LogP contribution in [0.1, 0.15) is 24.8 Å². The van der Waals surface area contributed by atoms with Crippen molar-refractivity contribution in [1.29, 1.82) is 0 Å². The van der Waals surface area contributed by atoms with Crippen molar-refractivity contribution in [2.45, 2.75) is 32.0 Å². The summed E-state index contributed by atoms with van der Waals surface area (Å²) in [6, 6.07) is 4.93. The van der Waals surface area contributed by atoms with Crippen molar-refractivity contribution in [3.05, 3.63) is 36.0 Å². The number of piperidine rings is 1. The van der Waals surface area contributed by atoms with Gasteiger partial charge in [0.2, 0.25) is 5.88 Å². The van der Waals surface area contributed by atoms with Crippen molar-refractivity contribution in [2.24, 2.45) is 0 Å². The van der Waals surface area contributed by atoms with Crippen LogP contribution in [0.3, 0.4) is 0 Å². The van der Waals surface area contributed by atoms with Crippen LogP contribution in [-0.4, -0.2) is 39.4 Å². The van der Waals surface area contributed by atoms with Gasteiger partial charge in [0, 0.05) is 12.7 Å². The molecule has 3 rings (SSSR count). The van der Waals surface area contributed by atoms with Gasteiger partial charge in [0.25, 0.3) is 0 Å². The second kappa shape index (κ2) is 9.48. The second-order valence-electron chi connectivity index (χ2n) is 6.11. The third-order valence-electron chi connectivity index (χ3n) is 4.34. The van der Waals surface area contributed by atoms with E-state index in [4.69, 9.17) is 0 Å². The predicted octanol–water partition coefficient (Wildman–Crippen LogP) is 4.60. The number of halogens is 5. The zero-order valence-corrected chi connectivity index (χ0v) is 15.7. The summed E-state index contributed by atoms with van der Waals surface area (Å²) in [5.41, 5.74) is -0.105. The van der Waals surface area contributed by atoms with Crippen molar-refractivity contribution < 1.29 is 18.3 Å². The second-order valence-corrected chi connectivity index (χ2v) is 6.11. The smallest absolute Gasteiger partial charge is 0.416 e.